The minimum Gasteiger partial charge on any atom is -0.497 e. The van der Waals surface area contributed by atoms with Gasteiger partial charge in [-0.15, -0.1) is 0 Å². The van der Waals surface area contributed by atoms with Gasteiger partial charge in [-0.05, 0) is 27.7 Å². The number of hydrogen-bond donors (Lipinski definition) is 0. The van der Waals surface area contributed by atoms with Gasteiger partial charge in [-0.1, -0.05) is 0 Å². The first-order valence-electron chi connectivity index (χ1n) is 6.24. The molecule has 0 N–H and O–H groups in total. The van der Waals surface area contributed by atoms with Crippen LogP contribution in [0.5, 0.6) is 11.6 Å². The van der Waals surface area contributed by atoms with Gasteiger partial charge in [-0.3, -0.25) is 0 Å². The minimum atomic E-state index is -0.488. The summed E-state index contributed by atoms with van der Waals surface area (Å²) in [4.78, 5) is 4.18. The lowest BCUT2D eigenvalue weighted by Gasteiger charge is -2.32. The van der Waals surface area contributed by atoms with E-state index in [0.29, 0.717) is 11.6 Å². The normalized spacial score (nSPS) is 20.4. The van der Waals surface area contributed by atoms with Crippen molar-refractivity contribution in [2.75, 3.05) is 14.2 Å². The van der Waals surface area contributed by atoms with E-state index in [1.807, 2.05) is 27.7 Å². The molecule has 104 valence electrons. The molecule has 0 radical (unpaired) electrons. The van der Waals surface area contributed by atoms with Crippen LogP contribution in [-0.4, -0.2) is 37.5 Å². The van der Waals surface area contributed by atoms with Crippen LogP contribution in [0.4, 0.5) is 0 Å². The van der Waals surface area contributed by atoms with Crippen LogP contribution in [0, 0.1) is 0 Å². The van der Waals surface area contributed by atoms with Crippen molar-refractivity contribution < 1.29 is 18.8 Å². The number of nitrogens with zero attached hydrogens (tertiary/aromatic N) is 1. The number of methoxy groups -OCH3 is 2. The standard InChI is InChI=1S/C13H20BNO4/c1-12(2)13(3,4)19-14(18-12)9-8-15-11(17-6)7-10(9)16-5/h7-8H,1-6H3. The van der Waals surface area contributed by atoms with Crippen LogP contribution in [0.25, 0.3) is 0 Å². The first-order valence-corrected chi connectivity index (χ1v) is 6.24. The fourth-order valence-corrected chi connectivity index (χ4v) is 1.86. The first-order chi connectivity index (χ1) is 8.80. The van der Waals surface area contributed by atoms with E-state index in [1.54, 1.807) is 26.5 Å². The number of ether oxygens (including phenoxy) is 2. The Balaban J connectivity index is 2.34. The Bertz CT molecular complexity index is 460. The van der Waals surface area contributed by atoms with Gasteiger partial charge in [0.1, 0.15) is 5.75 Å². The van der Waals surface area contributed by atoms with Crippen LogP contribution in [0.1, 0.15) is 27.7 Å². The molecular formula is C13H20BNO4. The van der Waals surface area contributed by atoms with Crippen LogP contribution in [0.3, 0.4) is 0 Å². The fourth-order valence-electron chi connectivity index (χ4n) is 1.86. The van der Waals surface area contributed by atoms with Gasteiger partial charge < -0.3 is 18.8 Å². The topological polar surface area (TPSA) is 49.8 Å². The van der Waals surface area contributed by atoms with Gasteiger partial charge in [0.05, 0.1) is 25.4 Å². The highest BCUT2D eigenvalue weighted by Gasteiger charge is 2.52. The third-order valence-corrected chi connectivity index (χ3v) is 3.81. The van der Waals surface area contributed by atoms with E-state index in [4.69, 9.17) is 18.8 Å². The molecule has 1 saturated heterocycles. The summed E-state index contributed by atoms with van der Waals surface area (Å²) in [5.74, 6) is 1.14. The summed E-state index contributed by atoms with van der Waals surface area (Å²) in [5, 5.41) is 0. The van der Waals surface area contributed by atoms with Crippen molar-refractivity contribution in [3.05, 3.63) is 12.3 Å². The number of hydrogen-bond acceptors (Lipinski definition) is 5. The van der Waals surface area contributed by atoms with E-state index < -0.39 is 7.12 Å². The molecule has 6 heteroatoms. The van der Waals surface area contributed by atoms with Gasteiger partial charge in [0.25, 0.3) is 0 Å². The molecule has 1 aliphatic heterocycles. The molecule has 0 unspecified atom stereocenters. The number of pyridine rings is 1. The molecule has 2 rings (SSSR count). The maximum Gasteiger partial charge on any atom is 0.500 e. The van der Waals surface area contributed by atoms with Gasteiger partial charge in [0.2, 0.25) is 5.88 Å². The summed E-state index contributed by atoms with van der Waals surface area (Å²) in [7, 11) is 2.68. The Hall–Kier alpha value is -1.27. The molecule has 19 heavy (non-hydrogen) atoms. The lowest BCUT2D eigenvalue weighted by Crippen LogP contribution is -2.41. The van der Waals surface area contributed by atoms with E-state index in [1.165, 1.54) is 0 Å². The second-order valence-electron chi connectivity index (χ2n) is 5.56. The monoisotopic (exact) mass is 265 g/mol. The smallest absolute Gasteiger partial charge is 0.497 e. The van der Waals surface area contributed by atoms with Crippen molar-refractivity contribution in [3.8, 4) is 11.6 Å². The Morgan fingerprint density at radius 2 is 1.63 bits per heavy atom. The molecule has 1 aromatic heterocycles. The average molecular weight is 265 g/mol. The van der Waals surface area contributed by atoms with Crippen molar-refractivity contribution >= 4 is 12.6 Å². The molecule has 2 heterocycles. The molecule has 5 nitrogen and oxygen atoms in total. The molecule has 0 aliphatic carbocycles. The summed E-state index contributed by atoms with van der Waals surface area (Å²) in [5.41, 5.74) is -0.00691. The van der Waals surface area contributed by atoms with Gasteiger partial charge in [0.15, 0.2) is 0 Å². The zero-order valence-electron chi connectivity index (χ0n) is 12.3. The SMILES string of the molecule is COc1cc(OC)c(B2OC(C)(C)C(C)(C)O2)cn1. The fraction of sp³-hybridized carbons (Fsp3) is 0.615. The first kappa shape index (κ1) is 14.2. The highest BCUT2D eigenvalue weighted by Crippen LogP contribution is 2.37. The summed E-state index contributed by atoms with van der Waals surface area (Å²) in [6.07, 6.45) is 1.67. The average Bonchev–Trinajstić information content (AvgIpc) is 2.57. The highest BCUT2D eigenvalue weighted by molar-refractivity contribution is 6.63. The molecule has 0 saturated carbocycles. The van der Waals surface area contributed by atoms with Gasteiger partial charge in [0, 0.05) is 17.7 Å². The molecule has 1 aliphatic rings. The maximum absolute atomic E-state index is 5.98. The molecular weight excluding hydrogens is 245 g/mol. The van der Waals surface area contributed by atoms with Crippen LogP contribution in [-0.2, 0) is 9.31 Å². The van der Waals surface area contributed by atoms with Gasteiger partial charge in [-0.2, -0.15) is 0 Å². The molecule has 0 bridgehead atoms. The number of rotatable bonds is 3. The Kier molecular flexibility index (Phi) is 3.49. The van der Waals surface area contributed by atoms with Gasteiger partial charge in [-0.25, -0.2) is 4.98 Å². The zero-order chi connectivity index (χ0) is 14.3. The van der Waals surface area contributed by atoms with E-state index in [2.05, 4.69) is 4.98 Å². The molecule has 1 aromatic rings. The van der Waals surface area contributed by atoms with E-state index in [9.17, 15) is 0 Å². The minimum absolute atomic E-state index is 0.386. The Labute approximate surface area is 114 Å². The Morgan fingerprint density at radius 3 is 2.11 bits per heavy atom. The van der Waals surface area contributed by atoms with Crippen molar-refractivity contribution in [1.29, 1.82) is 0 Å². The molecule has 0 amide bonds. The second kappa shape index (κ2) is 4.69. The molecule has 0 atom stereocenters. The third-order valence-electron chi connectivity index (χ3n) is 3.81. The van der Waals surface area contributed by atoms with Crippen LogP contribution < -0.4 is 14.9 Å². The molecule has 0 spiro atoms. The molecule has 1 fully saturated rings. The summed E-state index contributed by atoms with van der Waals surface area (Å²) in [6.45, 7) is 8.04. The second-order valence-corrected chi connectivity index (χ2v) is 5.56. The van der Waals surface area contributed by atoms with E-state index >= 15 is 0 Å². The summed E-state index contributed by atoms with van der Waals surface area (Å²) >= 11 is 0. The summed E-state index contributed by atoms with van der Waals surface area (Å²) < 4.78 is 22.4. The maximum atomic E-state index is 5.98. The van der Waals surface area contributed by atoms with E-state index in [-0.39, 0.29) is 11.2 Å². The highest BCUT2D eigenvalue weighted by atomic mass is 16.7. The quantitative estimate of drug-likeness (QED) is 0.773. The predicted octanol–water partition coefficient (Wildman–Crippen LogP) is 1.40. The van der Waals surface area contributed by atoms with Crippen molar-refractivity contribution in [3.63, 3.8) is 0 Å². The van der Waals surface area contributed by atoms with Crippen molar-refractivity contribution in [2.24, 2.45) is 0 Å². The largest absolute Gasteiger partial charge is 0.500 e. The van der Waals surface area contributed by atoms with Crippen molar-refractivity contribution in [1.82, 2.24) is 4.98 Å². The van der Waals surface area contributed by atoms with Crippen LogP contribution in [0.2, 0.25) is 0 Å². The lowest BCUT2D eigenvalue weighted by molar-refractivity contribution is 0.00578. The van der Waals surface area contributed by atoms with Gasteiger partial charge >= 0.3 is 7.12 Å². The third kappa shape index (κ3) is 2.42. The number of aromatic nitrogens is 1. The summed E-state index contributed by atoms with van der Waals surface area (Å²) in [6, 6.07) is 1.72. The predicted molar refractivity (Wildman–Crippen MR) is 73.1 cm³/mol. The van der Waals surface area contributed by atoms with E-state index in [0.717, 1.165) is 5.46 Å². The lowest BCUT2D eigenvalue weighted by atomic mass is 9.79. The van der Waals surface area contributed by atoms with Crippen LogP contribution >= 0.6 is 0 Å². The zero-order valence-corrected chi connectivity index (χ0v) is 12.3. The van der Waals surface area contributed by atoms with Crippen LogP contribution in [0.15, 0.2) is 12.3 Å². The Morgan fingerprint density at radius 1 is 1.05 bits per heavy atom. The van der Waals surface area contributed by atoms with Crippen molar-refractivity contribution in [2.45, 2.75) is 38.9 Å². The molecule has 0 aromatic carbocycles.